The summed E-state index contributed by atoms with van der Waals surface area (Å²) in [5.41, 5.74) is 1.28. The Kier molecular flexibility index (Phi) is 5.83. The number of aryl methyl sites for hydroxylation is 2. The third-order valence-electron chi connectivity index (χ3n) is 4.68. The van der Waals surface area contributed by atoms with Crippen LogP contribution in [0.15, 0.2) is 28.6 Å². The second-order valence-corrected chi connectivity index (χ2v) is 9.39. The maximum atomic E-state index is 13.3. The van der Waals surface area contributed by atoms with Crippen LogP contribution >= 0.6 is 11.3 Å². The molecule has 27 heavy (non-hydrogen) atoms. The summed E-state index contributed by atoms with van der Waals surface area (Å²) >= 11 is 1.34. The maximum Gasteiger partial charge on any atom is 0.243 e. The monoisotopic (exact) mass is 409 g/mol. The molecule has 2 heterocycles. The van der Waals surface area contributed by atoms with Gasteiger partial charge in [-0.2, -0.15) is 4.31 Å². The van der Waals surface area contributed by atoms with E-state index in [9.17, 15) is 13.2 Å². The molecule has 1 amide bonds. The van der Waals surface area contributed by atoms with Crippen LogP contribution in [0.2, 0.25) is 0 Å². The molecule has 1 aromatic heterocycles. The highest BCUT2D eigenvalue weighted by Crippen LogP contribution is 2.31. The first-order valence-electron chi connectivity index (χ1n) is 8.68. The van der Waals surface area contributed by atoms with Crippen molar-refractivity contribution in [3.63, 3.8) is 0 Å². The van der Waals surface area contributed by atoms with Crippen molar-refractivity contribution in [2.24, 2.45) is 5.92 Å². The van der Waals surface area contributed by atoms with Gasteiger partial charge in [-0.1, -0.05) is 0 Å². The Labute approximate surface area is 163 Å². The molecule has 1 aliphatic rings. The van der Waals surface area contributed by atoms with Crippen LogP contribution < -0.4 is 10.1 Å². The minimum absolute atomic E-state index is 0.171. The van der Waals surface area contributed by atoms with Crippen LogP contribution in [-0.2, 0) is 14.8 Å². The number of rotatable bonds is 5. The minimum Gasteiger partial charge on any atom is -0.497 e. The summed E-state index contributed by atoms with van der Waals surface area (Å²) in [5, 5.41) is 5.08. The van der Waals surface area contributed by atoms with Crippen LogP contribution in [0, 0.1) is 19.8 Å². The Hall–Kier alpha value is -1.97. The summed E-state index contributed by atoms with van der Waals surface area (Å²) in [7, 11) is -2.14. The first kappa shape index (κ1) is 19.8. The number of sulfonamides is 1. The van der Waals surface area contributed by atoms with Crippen molar-refractivity contribution < 1.29 is 17.9 Å². The van der Waals surface area contributed by atoms with Gasteiger partial charge in [0.25, 0.3) is 0 Å². The lowest BCUT2D eigenvalue weighted by atomic mass is 9.99. The van der Waals surface area contributed by atoms with E-state index >= 15 is 0 Å². The fourth-order valence-corrected chi connectivity index (χ4v) is 5.90. The number of methoxy groups -OCH3 is 1. The summed E-state index contributed by atoms with van der Waals surface area (Å²) in [6, 6.07) is 3.44. The molecule has 7 nitrogen and oxygen atoms in total. The molecule has 2 aromatic rings. The first-order chi connectivity index (χ1) is 12.8. The number of aromatic nitrogens is 1. The first-order valence-corrected chi connectivity index (χ1v) is 11.0. The molecule has 1 atom stereocenters. The van der Waals surface area contributed by atoms with E-state index in [-0.39, 0.29) is 12.5 Å². The molecule has 3 rings (SSSR count). The molecule has 0 spiro atoms. The lowest BCUT2D eigenvalue weighted by Gasteiger charge is -2.32. The van der Waals surface area contributed by atoms with E-state index in [1.165, 1.54) is 15.6 Å². The third kappa shape index (κ3) is 4.15. The zero-order chi connectivity index (χ0) is 19.6. The summed E-state index contributed by atoms with van der Waals surface area (Å²) in [4.78, 5) is 16.9. The largest absolute Gasteiger partial charge is 0.497 e. The van der Waals surface area contributed by atoms with Crippen molar-refractivity contribution >= 4 is 32.4 Å². The summed E-state index contributed by atoms with van der Waals surface area (Å²) in [5.74, 6) is 0.0487. The van der Waals surface area contributed by atoms with Crippen LogP contribution in [0.4, 0.5) is 5.13 Å². The van der Waals surface area contributed by atoms with Crippen LogP contribution in [-0.4, -0.2) is 43.8 Å². The van der Waals surface area contributed by atoms with Crippen molar-refractivity contribution in [1.29, 1.82) is 0 Å². The second-order valence-electron chi connectivity index (χ2n) is 6.62. The second kappa shape index (κ2) is 7.95. The minimum atomic E-state index is -3.69. The number of piperidine rings is 1. The lowest BCUT2D eigenvalue weighted by molar-refractivity contribution is -0.120. The van der Waals surface area contributed by atoms with E-state index in [1.807, 2.05) is 0 Å². The van der Waals surface area contributed by atoms with Gasteiger partial charge in [-0.3, -0.25) is 4.79 Å². The molecule has 0 radical (unpaired) electrons. The summed E-state index contributed by atoms with van der Waals surface area (Å²) < 4.78 is 33.2. The summed E-state index contributed by atoms with van der Waals surface area (Å²) in [6.07, 6.45) is 2.92. The zero-order valence-corrected chi connectivity index (χ0v) is 17.2. The molecule has 9 heteroatoms. The Morgan fingerprint density at radius 3 is 2.63 bits per heavy atom. The standard InChI is InChI=1S/C18H23N3O4S2/c1-12-9-15(25-3)10-13(2)16(12)27(23,24)21-7-4-5-14(11-21)17(22)20-18-19-6-8-26-18/h6,8-10,14H,4-5,7,11H2,1-3H3,(H,19,20,22)/t14-/m1/s1. The fourth-order valence-electron chi connectivity index (χ4n) is 3.43. The fraction of sp³-hybridized carbons (Fsp3) is 0.444. The molecule has 146 valence electrons. The van der Waals surface area contributed by atoms with Gasteiger partial charge in [-0.25, -0.2) is 13.4 Å². The number of benzene rings is 1. The van der Waals surface area contributed by atoms with Crippen molar-refractivity contribution in [2.75, 3.05) is 25.5 Å². The molecule has 1 fully saturated rings. The Bertz CT molecular complexity index is 903. The van der Waals surface area contributed by atoms with Crippen molar-refractivity contribution in [1.82, 2.24) is 9.29 Å². The van der Waals surface area contributed by atoms with Crippen LogP contribution in [0.5, 0.6) is 5.75 Å². The van der Waals surface area contributed by atoms with Crippen molar-refractivity contribution in [3.8, 4) is 5.75 Å². The molecular formula is C18H23N3O4S2. The van der Waals surface area contributed by atoms with E-state index < -0.39 is 15.9 Å². The SMILES string of the molecule is COc1cc(C)c(S(=O)(=O)N2CCC[C@@H](C(=O)Nc3nccs3)C2)c(C)c1. The van der Waals surface area contributed by atoms with Gasteiger partial charge in [0.15, 0.2) is 5.13 Å². The van der Waals surface area contributed by atoms with Crippen LogP contribution in [0.3, 0.4) is 0 Å². The highest BCUT2D eigenvalue weighted by molar-refractivity contribution is 7.89. The van der Waals surface area contributed by atoms with Gasteiger partial charge in [0, 0.05) is 24.7 Å². The van der Waals surface area contributed by atoms with Crippen LogP contribution in [0.1, 0.15) is 24.0 Å². The average molecular weight is 410 g/mol. The average Bonchev–Trinajstić information content (AvgIpc) is 3.14. The smallest absolute Gasteiger partial charge is 0.243 e. The van der Waals surface area contributed by atoms with Crippen molar-refractivity contribution in [2.45, 2.75) is 31.6 Å². The molecule has 1 aromatic carbocycles. The molecule has 1 N–H and O–H groups in total. The van der Waals surface area contributed by atoms with Gasteiger partial charge in [0.2, 0.25) is 15.9 Å². The van der Waals surface area contributed by atoms with Crippen LogP contribution in [0.25, 0.3) is 0 Å². The van der Waals surface area contributed by atoms with E-state index in [0.717, 1.165) is 0 Å². The van der Waals surface area contributed by atoms with Gasteiger partial charge in [0.1, 0.15) is 5.75 Å². The molecule has 0 bridgehead atoms. The number of ether oxygens (including phenoxy) is 1. The predicted octanol–water partition coefficient (Wildman–Crippen LogP) is 2.81. The lowest BCUT2D eigenvalue weighted by Crippen LogP contribution is -2.44. The number of amides is 1. The number of carbonyl (C=O) groups is 1. The number of anilines is 1. The number of nitrogens with zero attached hydrogens (tertiary/aromatic N) is 2. The molecule has 1 aliphatic heterocycles. The highest BCUT2D eigenvalue weighted by Gasteiger charge is 2.35. The Morgan fingerprint density at radius 2 is 2.04 bits per heavy atom. The van der Waals surface area contributed by atoms with E-state index in [0.29, 0.717) is 46.3 Å². The molecule has 0 aliphatic carbocycles. The van der Waals surface area contributed by atoms with Gasteiger partial charge in [-0.15, -0.1) is 11.3 Å². The predicted molar refractivity (Wildman–Crippen MR) is 105 cm³/mol. The topological polar surface area (TPSA) is 88.6 Å². The number of hydrogen-bond donors (Lipinski definition) is 1. The Morgan fingerprint density at radius 1 is 1.33 bits per heavy atom. The number of nitrogens with one attached hydrogen (secondary N) is 1. The van der Waals surface area contributed by atoms with Gasteiger partial charge in [-0.05, 0) is 49.9 Å². The maximum absolute atomic E-state index is 13.3. The molecule has 1 saturated heterocycles. The van der Waals surface area contributed by atoms with Gasteiger partial charge in [0.05, 0.1) is 17.9 Å². The number of thiazole rings is 1. The quantitative estimate of drug-likeness (QED) is 0.820. The molecule has 0 unspecified atom stereocenters. The van der Waals surface area contributed by atoms with E-state index in [1.54, 1.807) is 44.7 Å². The van der Waals surface area contributed by atoms with Crippen molar-refractivity contribution in [3.05, 3.63) is 34.8 Å². The Balaban J connectivity index is 1.82. The highest BCUT2D eigenvalue weighted by atomic mass is 32.2. The number of carbonyl (C=O) groups excluding carboxylic acids is 1. The van der Waals surface area contributed by atoms with Gasteiger partial charge < -0.3 is 10.1 Å². The third-order valence-corrected chi connectivity index (χ3v) is 7.54. The normalized spacial score (nSPS) is 18.3. The number of hydrogen-bond acceptors (Lipinski definition) is 6. The van der Waals surface area contributed by atoms with E-state index in [4.69, 9.17) is 4.74 Å². The zero-order valence-electron chi connectivity index (χ0n) is 15.6. The molecular weight excluding hydrogens is 386 g/mol. The summed E-state index contributed by atoms with van der Waals surface area (Å²) in [6.45, 7) is 4.11. The van der Waals surface area contributed by atoms with E-state index in [2.05, 4.69) is 10.3 Å². The van der Waals surface area contributed by atoms with Gasteiger partial charge >= 0.3 is 0 Å². The molecule has 0 saturated carbocycles.